The number of nitrogens with zero attached hydrogens (tertiary/aromatic N) is 6. The van der Waals surface area contributed by atoms with Crippen molar-refractivity contribution in [3.8, 4) is 0 Å². The average molecular weight is 860 g/mol. The predicted octanol–water partition coefficient (Wildman–Crippen LogP) is 4.25. The molecule has 0 saturated carbocycles. The van der Waals surface area contributed by atoms with Gasteiger partial charge in [0.05, 0.1) is 35.6 Å². The van der Waals surface area contributed by atoms with E-state index in [9.17, 15) is 28.8 Å². The van der Waals surface area contributed by atoms with Gasteiger partial charge in [0.2, 0.25) is 11.8 Å². The summed E-state index contributed by atoms with van der Waals surface area (Å²) in [5.74, 6) is -2.74. The molecule has 328 valence electrons. The Morgan fingerprint density at radius 1 is 0.905 bits per heavy atom. The summed E-state index contributed by atoms with van der Waals surface area (Å²) in [7, 11) is 1.52. The number of anilines is 3. The Labute approximate surface area is 363 Å². The Balaban J connectivity index is 0.760. The largest absolute Gasteiger partial charge is 0.372 e. The number of aromatic nitrogens is 2. The van der Waals surface area contributed by atoms with E-state index in [1.54, 1.807) is 4.90 Å². The summed E-state index contributed by atoms with van der Waals surface area (Å²) in [6.45, 7) is 8.74. The molecule has 3 saturated heterocycles. The van der Waals surface area contributed by atoms with Crippen molar-refractivity contribution >= 4 is 52.6 Å². The van der Waals surface area contributed by atoms with Gasteiger partial charge >= 0.3 is 0 Å². The molecular weight excluding hydrogens is 810 g/mol. The number of carbonyl (C=O) groups excluding carboxylic acids is 6. The minimum atomic E-state index is -1.12. The molecule has 3 aromatic carbocycles. The summed E-state index contributed by atoms with van der Waals surface area (Å²) in [6, 6.07) is 18.2. The lowest BCUT2D eigenvalue weighted by molar-refractivity contribution is -0.143. The molecule has 17 heteroatoms. The van der Waals surface area contributed by atoms with Crippen molar-refractivity contribution in [2.24, 2.45) is 5.92 Å². The molecule has 0 bridgehead atoms. The van der Waals surface area contributed by atoms with E-state index >= 15 is 4.39 Å². The van der Waals surface area contributed by atoms with Gasteiger partial charge in [0.25, 0.3) is 23.6 Å². The molecule has 6 amide bonds. The minimum Gasteiger partial charge on any atom is -0.372 e. The maximum atomic E-state index is 15.8. The zero-order valence-corrected chi connectivity index (χ0v) is 35.4. The summed E-state index contributed by atoms with van der Waals surface area (Å²) in [6.07, 6.45) is 1.29. The number of hydrogen-bond donors (Lipinski definition) is 3. The van der Waals surface area contributed by atoms with Crippen molar-refractivity contribution in [2.75, 3.05) is 55.0 Å². The summed E-state index contributed by atoms with van der Waals surface area (Å²) in [5, 5.41) is 12.4. The molecule has 4 unspecified atom stereocenters. The number of carbonyl (C=O) groups is 6. The first-order valence-electron chi connectivity index (χ1n) is 21.5. The number of imide groups is 2. The molecule has 3 fully saturated rings. The smallest absolute Gasteiger partial charge is 0.262 e. The van der Waals surface area contributed by atoms with Gasteiger partial charge in [0.15, 0.2) is 11.9 Å². The van der Waals surface area contributed by atoms with Gasteiger partial charge in [-0.15, -0.1) is 0 Å². The van der Waals surface area contributed by atoms with Gasteiger partial charge in [-0.1, -0.05) is 30.3 Å². The molecule has 5 aliphatic rings. The van der Waals surface area contributed by atoms with Crippen LogP contribution in [0.3, 0.4) is 0 Å². The highest BCUT2D eigenvalue weighted by Gasteiger charge is 2.46. The van der Waals surface area contributed by atoms with E-state index in [1.165, 1.54) is 13.2 Å². The zero-order valence-electron chi connectivity index (χ0n) is 35.4. The van der Waals surface area contributed by atoms with Crippen LogP contribution in [0.2, 0.25) is 0 Å². The van der Waals surface area contributed by atoms with E-state index in [0.29, 0.717) is 43.5 Å². The van der Waals surface area contributed by atoms with Gasteiger partial charge in [0, 0.05) is 75.2 Å². The second-order valence-corrected chi connectivity index (χ2v) is 17.3. The Morgan fingerprint density at radius 2 is 1.59 bits per heavy atom. The number of fused-ring (bicyclic) bond motifs is 2. The Kier molecular flexibility index (Phi) is 11.3. The maximum Gasteiger partial charge on any atom is 0.262 e. The lowest BCUT2D eigenvalue weighted by atomic mass is 9.94. The summed E-state index contributed by atoms with van der Waals surface area (Å²) in [5.41, 5.74) is 4.10. The first kappa shape index (κ1) is 41.9. The molecule has 5 aliphatic heterocycles. The first-order valence-corrected chi connectivity index (χ1v) is 21.5. The van der Waals surface area contributed by atoms with Crippen molar-refractivity contribution in [1.29, 1.82) is 0 Å². The fraction of sp³-hybridized carbons (Fsp3) is 0.413. The highest BCUT2D eigenvalue weighted by Crippen LogP contribution is 2.36. The molecule has 0 spiro atoms. The SMILES string of the molecule is COC(C(=O)N1Cc2[nH]nc(NC(=O)c3ccc(N4CCC(CN5CC(C)N(c6cc7c(cc6F)C(=O)N(C6CCC(=O)NC6=O)C7=O)C(C)C5)CC4)cc3)c2C1)c1ccccc1. The number of aromatic amines is 1. The number of halogens is 1. The van der Waals surface area contributed by atoms with E-state index in [2.05, 4.69) is 30.6 Å². The van der Waals surface area contributed by atoms with Crippen LogP contribution in [0.25, 0.3) is 0 Å². The number of H-pyrrole nitrogens is 1. The van der Waals surface area contributed by atoms with Crippen LogP contribution in [0.5, 0.6) is 0 Å². The fourth-order valence-electron chi connectivity index (χ4n) is 10.0. The third-order valence-corrected chi connectivity index (χ3v) is 13.2. The van der Waals surface area contributed by atoms with Gasteiger partial charge in [0.1, 0.15) is 11.9 Å². The van der Waals surface area contributed by atoms with E-state index in [-0.39, 0.29) is 53.6 Å². The standard InChI is InChI=1S/C46H50FN9O7/c1-26-21-52(22-27(2)55(26)38-20-33-32(19-35(38)47)44(60)56(45(33)61)37-13-14-39(57)48-43(37)59)23-28-15-17-53(18-16-28)31-11-9-30(10-12-31)42(58)49-41-34-24-54(25-36(34)50-51-41)46(62)40(63-3)29-7-5-4-6-8-29/h4-12,19-20,26-28,37,40H,13-18,21-25H2,1-3H3,(H,48,57,59)(H2,49,50,51,58). The summed E-state index contributed by atoms with van der Waals surface area (Å²) >= 11 is 0. The second-order valence-electron chi connectivity index (χ2n) is 17.3. The van der Waals surface area contributed by atoms with E-state index in [1.807, 2.05) is 73.3 Å². The highest BCUT2D eigenvalue weighted by atomic mass is 19.1. The van der Waals surface area contributed by atoms with Gasteiger partial charge in [-0.05, 0) is 81.0 Å². The van der Waals surface area contributed by atoms with Gasteiger partial charge < -0.3 is 24.8 Å². The molecule has 16 nitrogen and oxygen atoms in total. The Hall–Kier alpha value is -6.46. The average Bonchev–Trinajstić information content (AvgIpc) is 3.93. The van der Waals surface area contributed by atoms with Crippen LogP contribution in [0.1, 0.15) is 93.5 Å². The third-order valence-electron chi connectivity index (χ3n) is 13.2. The van der Waals surface area contributed by atoms with Crippen molar-refractivity contribution in [3.63, 3.8) is 0 Å². The number of nitrogens with one attached hydrogen (secondary N) is 3. The topological polar surface area (TPSA) is 181 Å². The third kappa shape index (κ3) is 7.95. The Bertz CT molecular complexity index is 2460. The van der Waals surface area contributed by atoms with E-state index < -0.39 is 41.6 Å². The molecule has 6 heterocycles. The fourth-order valence-corrected chi connectivity index (χ4v) is 10.0. The molecule has 4 aromatic rings. The van der Waals surface area contributed by atoms with Gasteiger partial charge in [-0.3, -0.25) is 49.0 Å². The number of piperidine rings is 2. The Morgan fingerprint density at radius 3 is 2.25 bits per heavy atom. The molecule has 0 radical (unpaired) electrons. The molecule has 63 heavy (non-hydrogen) atoms. The first-order chi connectivity index (χ1) is 30.4. The zero-order chi connectivity index (χ0) is 44.1. The number of ether oxygens (including phenoxy) is 1. The number of rotatable bonds is 10. The van der Waals surface area contributed by atoms with Crippen molar-refractivity contribution in [1.82, 2.24) is 30.2 Å². The summed E-state index contributed by atoms with van der Waals surface area (Å²) < 4.78 is 21.4. The van der Waals surface area contributed by atoms with Crippen LogP contribution < -0.4 is 20.4 Å². The number of piperazine rings is 1. The maximum absolute atomic E-state index is 15.8. The van der Waals surface area contributed by atoms with Crippen LogP contribution in [0, 0.1) is 11.7 Å². The minimum absolute atomic E-state index is 0.00738. The molecule has 9 rings (SSSR count). The van der Waals surface area contributed by atoms with Gasteiger partial charge in [-0.25, -0.2) is 4.39 Å². The molecule has 4 atom stereocenters. The molecular formula is C46H50FN9O7. The molecule has 1 aromatic heterocycles. The second kappa shape index (κ2) is 17.0. The van der Waals surface area contributed by atoms with Crippen LogP contribution in [-0.4, -0.2) is 118 Å². The lowest BCUT2D eigenvalue weighted by Gasteiger charge is -2.47. The highest BCUT2D eigenvalue weighted by molar-refractivity contribution is 6.23. The van der Waals surface area contributed by atoms with Crippen molar-refractivity contribution in [3.05, 3.63) is 106 Å². The van der Waals surface area contributed by atoms with Crippen LogP contribution in [0.4, 0.5) is 21.6 Å². The monoisotopic (exact) mass is 859 g/mol. The van der Waals surface area contributed by atoms with E-state index in [4.69, 9.17) is 4.74 Å². The van der Waals surface area contributed by atoms with Crippen molar-refractivity contribution < 1.29 is 37.9 Å². The summed E-state index contributed by atoms with van der Waals surface area (Å²) in [4.78, 5) is 87.0. The normalized spacial score (nSPS) is 22.3. The number of hydrogen-bond acceptors (Lipinski definition) is 11. The predicted molar refractivity (Wildman–Crippen MR) is 229 cm³/mol. The van der Waals surface area contributed by atoms with Crippen LogP contribution >= 0.6 is 0 Å². The van der Waals surface area contributed by atoms with Crippen molar-refractivity contribution in [2.45, 2.75) is 76.8 Å². The number of methoxy groups -OCH3 is 1. The molecule has 0 aliphatic carbocycles. The lowest BCUT2D eigenvalue weighted by Crippen LogP contribution is -2.58. The number of benzene rings is 3. The quantitative estimate of drug-likeness (QED) is 0.194. The number of amides is 6. The molecule has 3 N–H and O–H groups in total. The van der Waals surface area contributed by atoms with E-state index in [0.717, 1.165) is 66.0 Å². The van der Waals surface area contributed by atoms with Gasteiger partial charge in [-0.2, -0.15) is 5.10 Å². The van der Waals surface area contributed by atoms with Crippen LogP contribution in [0.15, 0.2) is 66.7 Å². The van der Waals surface area contributed by atoms with Crippen LogP contribution in [-0.2, 0) is 32.2 Å².